The molecular formula is C17H15N7OS. The zero-order valence-electron chi connectivity index (χ0n) is 14.1. The zero-order chi connectivity index (χ0) is 18.1. The monoisotopic (exact) mass is 365 g/mol. The van der Waals surface area contributed by atoms with Crippen LogP contribution in [0.5, 0.6) is 0 Å². The third-order valence-electron chi connectivity index (χ3n) is 3.67. The fourth-order valence-corrected chi connectivity index (χ4v) is 3.28. The van der Waals surface area contributed by atoms with Gasteiger partial charge in [0.25, 0.3) is 5.91 Å². The third-order valence-corrected chi connectivity index (χ3v) is 4.56. The van der Waals surface area contributed by atoms with Crippen molar-refractivity contribution in [1.82, 2.24) is 29.5 Å². The lowest BCUT2D eigenvalue weighted by Crippen LogP contribution is -2.12. The number of aromatic nitrogens is 6. The minimum Gasteiger partial charge on any atom is -0.317 e. The van der Waals surface area contributed by atoms with Gasteiger partial charge in [0.15, 0.2) is 0 Å². The molecule has 9 heteroatoms. The van der Waals surface area contributed by atoms with Crippen molar-refractivity contribution in [3.05, 3.63) is 54.1 Å². The molecule has 1 N–H and O–H groups in total. The van der Waals surface area contributed by atoms with E-state index in [0.717, 1.165) is 10.6 Å². The van der Waals surface area contributed by atoms with Gasteiger partial charge in [-0.15, -0.1) is 11.3 Å². The first-order chi connectivity index (χ1) is 12.6. The molecule has 4 aromatic rings. The molecule has 0 aliphatic carbocycles. The Morgan fingerprint density at radius 2 is 2.08 bits per heavy atom. The number of thiazole rings is 1. The Hall–Kier alpha value is -3.33. The highest BCUT2D eigenvalue weighted by molar-refractivity contribution is 7.13. The Labute approximate surface area is 153 Å². The van der Waals surface area contributed by atoms with E-state index >= 15 is 0 Å². The van der Waals surface area contributed by atoms with E-state index in [1.807, 2.05) is 31.4 Å². The number of carbonyl (C=O) groups excluding carboxylic acids is 1. The zero-order valence-corrected chi connectivity index (χ0v) is 14.9. The van der Waals surface area contributed by atoms with Gasteiger partial charge in [0.2, 0.25) is 0 Å². The molecule has 26 heavy (non-hydrogen) atoms. The van der Waals surface area contributed by atoms with E-state index in [9.17, 15) is 4.79 Å². The lowest BCUT2D eigenvalue weighted by atomic mass is 10.2. The molecule has 4 aromatic heterocycles. The van der Waals surface area contributed by atoms with Crippen molar-refractivity contribution in [2.24, 2.45) is 14.1 Å². The van der Waals surface area contributed by atoms with Gasteiger partial charge in [-0.2, -0.15) is 10.2 Å². The lowest BCUT2D eigenvalue weighted by Gasteiger charge is -2.03. The number of nitrogens with one attached hydrogen (secondary N) is 1. The van der Waals surface area contributed by atoms with Crippen molar-refractivity contribution in [3.63, 3.8) is 0 Å². The van der Waals surface area contributed by atoms with Gasteiger partial charge in [-0.3, -0.25) is 19.1 Å². The number of pyridine rings is 1. The fraction of sp³-hybridized carbons (Fsp3) is 0.118. The quantitative estimate of drug-likeness (QED) is 0.600. The summed E-state index contributed by atoms with van der Waals surface area (Å²) in [5.74, 6) is -0.290. The van der Waals surface area contributed by atoms with Crippen LogP contribution in [0.3, 0.4) is 0 Å². The van der Waals surface area contributed by atoms with Crippen LogP contribution < -0.4 is 5.32 Å². The summed E-state index contributed by atoms with van der Waals surface area (Å²) in [6.45, 7) is 0. The summed E-state index contributed by atoms with van der Waals surface area (Å²) in [6, 6.07) is 5.56. The average Bonchev–Trinajstić information content (AvgIpc) is 3.35. The van der Waals surface area contributed by atoms with Crippen molar-refractivity contribution in [2.45, 2.75) is 0 Å². The smallest absolute Gasteiger partial charge is 0.275 e. The first kappa shape index (κ1) is 16.2. The SMILES string of the molecule is Cn1cc(-c2nc(C(=O)Nc3cn(C)nc3-c3ccccn3)cs2)cn1. The number of hydrogen-bond acceptors (Lipinski definition) is 6. The maximum atomic E-state index is 12.6. The van der Waals surface area contributed by atoms with Crippen molar-refractivity contribution in [3.8, 4) is 22.0 Å². The highest BCUT2D eigenvalue weighted by Gasteiger charge is 2.17. The van der Waals surface area contributed by atoms with E-state index in [4.69, 9.17) is 0 Å². The topological polar surface area (TPSA) is 90.5 Å². The Kier molecular flexibility index (Phi) is 4.05. The summed E-state index contributed by atoms with van der Waals surface area (Å²) < 4.78 is 3.34. The summed E-state index contributed by atoms with van der Waals surface area (Å²) in [4.78, 5) is 21.3. The van der Waals surface area contributed by atoms with E-state index < -0.39 is 0 Å². The highest BCUT2D eigenvalue weighted by Crippen LogP contribution is 2.26. The number of hydrogen-bond donors (Lipinski definition) is 1. The number of anilines is 1. The summed E-state index contributed by atoms with van der Waals surface area (Å²) in [5, 5.41) is 13.9. The van der Waals surface area contributed by atoms with Crippen LogP contribution in [0, 0.1) is 0 Å². The standard InChI is InChI=1S/C17H15N7OS/c1-23-8-11(7-19-23)17-21-14(10-26-17)16(25)20-13-9-24(2)22-15(13)12-5-3-4-6-18-12/h3-10H,1-2H3,(H,20,25). The molecule has 4 rings (SSSR count). The molecular weight excluding hydrogens is 350 g/mol. The van der Waals surface area contributed by atoms with Gasteiger partial charge in [0.05, 0.1) is 17.6 Å². The molecule has 0 spiro atoms. The van der Waals surface area contributed by atoms with Crippen LogP contribution in [0.15, 0.2) is 48.4 Å². The minimum absolute atomic E-state index is 0.290. The van der Waals surface area contributed by atoms with Crippen molar-refractivity contribution < 1.29 is 4.79 Å². The molecule has 0 bridgehead atoms. The molecule has 130 valence electrons. The van der Waals surface area contributed by atoms with Crippen LogP contribution in [0.1, 0.15) is 10.5 Å². The first-order valence-corrected chi connectivity index (χ1v) is 8.69. The molecule has 0 atom stereocenters. The Morgan fingerprint density at radius 3 is 2.81 bits per heavy atom. The van der Waals surface area contributed by atoms with E-state index in [0.29, 0.717) is 22.8 Å². The fourth-order valence-electron chi connectivity index (χ4n) is 2.50. The second kappa shape index (κ2) is 6.52. The molecule has 1 amide bonds. The second-order valence-corrected chi connectivity index (χ2v) is 6.53. The number of carbonyl (C=O) groups is 1. The van der Waals surface area contributed by atoms with E-state index in [2.05, 4.69) is 25.5 Å². The second-order valence-electron chi connectivity index (χ2n) is 5.67. The Morgan fingerprint density at radius 1 is 1.19 bits per heavy atom. The van der Waals surface area contributed by atoms with E-state index in [-0.39, 0.29) is 5.91 Å². The van der Waals surface area contributed by atoms with Crippen molar-refractivity contribution in [2.75, 3.05) is 5.32 Å². The highest BCUT2D eigenvalue weighted by atomic mass is 32.1. The maximum absolute atomic E-state index is 12.6. The van der Waals surface area contributed by atoms with Crippen LogP contribution >= 0.6 is 11.3 Å². The van der Waals surface area contributed by atoms with Crippen LogP contribution in [0.2, 0.25) is 0 Å². The Bertz CT molecular complexity index is 1060. The van der Waals surface area contributed by atoms with Crippen molar-refractivity contribution >= 4 is 22.9 Å². The van der Waals surface area contributed by atoms with E-state index in [1.165, 1.54) is 11.3 Å². The molecule has 0 radical (unpaired) electrons. The molecule has 0 aromatic carbocycles. The van der Waals surface area contributed by atoms with Gasteiger partial charge in [-0.05, 0) is 12.1 Å². The van der Waals surface area contributed by atoms with Gasteiger partial charge in [-0.25, -0.2) is 4.98 Å². The lowest BCUT2D eigenvalue weighted by molar-refractivity contribution is 0.102. The van der Waals surface area contributed by atoms with Crippen LogP contribution in [0.4, 0.5) is 5.69 Å². The molecule has 0 aliphatic rings. The molecule has 0 unspecified atom stereocenters. The van der Waals surface area contributed by atoms with Crippen LogP contribution in [-0.2, 0) is 14.1 Å². The maximum Gasteiger partial charge on any atom is 0.275 e. The summed E-state index contributed by atoms with van der Waals surface area (Å²) >= 11 is 1.40. The number of rotatable bonds is 4. The Balaban J connectivity index is 1.59. The van der Waals surface area contributed by atoms with Gasteiger partial charge >= 0.3 is 0 Å². The van der Waals surface area contributed by atoms with E-state index in [1.54, 1.807) is 40.4 Å². The molecule has 4 heterocycles. The molecule has 0 saturated carbocycles. The van der Waals surface area contributed by atoms with Crippen LogP contribution in [0.25, 0.3) is 22.0 Å². The van der Waals surface area contributed by atoms with Gasteiger partial charge in [0.1, 0.15) is 16.4 Å². The predicted octanol–water partition coefficient (Wildman–Crippen LogP) is 2.59. The summed E-state index contributed by atoms with van der Waals surface area (Å²) in [7, 11) is 3.64. The summed E-state index contributed by atoms with van der Waals surface area (Å²) in [6.07, 6.45) is 7.02. The number of amides is 1. The van der Waals surface area contributed by atoms with Gasteiger partial charge < -0.3 is 5.32 Å². The summed E-state index contributed by atoms with van der Waals surface area (Å²) in [5.41, 5.74) is 3.13. The van der Waals surface area contributed by atoms with Crippen LogP contribution in [-0.4, -0.2) is 35.4 Å². The van der Waals surface area contributed by atoms with Crippen molar-refractivity contribution in [1.29, 1.82) is 0 Å². The molecule has 0 aliphatic heterocycles. The number of aryl methyl sites for hydroxylation is 2. The largest absolute Gasteiger partial charge is 0.317 e. The first-order valence-electron chi connectivity index (χ1n) is 7.81. The normalized spacial score (nSPS) is 10.8. The van der Waals surface area contributed by atoms with Gasteiger partial charge in [0, 0.05) is 43.6 Å². The predicted molar refractivity (Wildman–Crippen MR) is 98.7 cm³/mol. The average molecular weight is 365 g/mol. The molecule has 0 fully saturated rings. The van der Waals surface area contributed by atoms with Gasteiger partial charge in [-0.1, -0.05) is 6.07 Å². The molecule has 0 saturated heterocycles. The minimum atomic E-state index is -0.290. The molecule has 8 nitrogen and oxygen atoms in total. The number of nitrogens with zero attached hydrogens (tertiary/aromatic N) is 6. The third kappa shape index (κ3) is 3.11.